The fourth-order valence-electron chi connectivity index (χ4n) is 13.5. The van der Waals surface area contributed by atoms with E-state index in [1.807, 2.05) is 50.1 Å². The Bertz CT molecular complexity index is 2500. The van der Waals surface area contributed by atoms with Gasteiger partial charge in [0.25, 0.3) is 0 Å². The Hall–Kier alpha value is -4.56. The lowest BCUT2D eigenvalue weighted by Crippen LogP contribution is -2.81. The van der Waals surface area contributed by atoms with E-state index >= 15 is 4.79 Å². The molecule has 2 aromatic carbocycles. The van der Waals surface area contributed by atoms with E-state index in [9.17, 15) is 19.8 Å². The zero-order valence-corrected chi connectivity index (χ0v) is 38.2. The van der Waals surface area contributed by atoms with Crippen LogP contribution in [-0.4, -0.2) is 151 Å². The number of nitrogens with zero attached hydrogens (tertiary/aromatic N) is 3. The number of para-hydroxylation sites is 1. The molecule has 5 N–H and O–H groups in total. The summed E-state index contributed by atoms with van der Waals surface area (Å²) in [7, 11) is 1.49. The van der Waals surface area contributed by atoms with Crippen molar-refractivity contribution in [3.63, 3.8) is 0 Å². The minimum absolute atomic E-state index is 0.0986. The fourth-order valence-corrected chi connectivity index (χ4v) is 13.5. The van der Waals surface area contributed by atoms with Crippen LogP contribution in [0.5, 0.6) is 5.75 Å². The maximum absolute atomic E-state index is 15.3. The molecule has 64 heavy (non-hydrogen) atoms. The number of aliphatic hydroxyl groups is 2. The maximum Gasteiger partial charge on any atom is 0.394 e. The number of anilines is 1. The van der Waals surface area contributed by atoms with E-state index in [2.05, 4.69) is 39.1 Å². The summed E-state index contributed by atoms with van der Waals surface area (Å²) in [5, 5.41) is 26.3. The summed E-state index contributed by atoms with van der Waals surface area (Å²) in [6.07, 6.45) is 5.94. The Labute approximate surface area is 373 Å². The van der Waals surface area contributed by atoms with Crippen molar-refractivity contribution >= 4 is 44.9 Å². The molecule has 0 amide bonds. The Morgan fingerprint density at radius 1 is 0.938 bits per heavy atom. The highest BCUT2D eigenvalue weighted by molar-refractivity contribution is 7.79. The third-order valence-electron chi connectivity index (χ3n) is 15.6. The zero-order chi connectivity index (χ0) is 46.4. The number of nitrogens with one attached hydrogen (secondary N) is 1. The number of fused-ring (bicyclic) bond motifs is 6. The Morgan fingerprint density at radius 3 is 2.28 bits per heavy atom. The highest BCUT2D eigenvalue weighted by Crippen LogP contribution is 2.68. The number of carbonyl (C=O) groups is 3. The van der Waals surface area contributed by atoms with Crippen molar-refractivity contribution < 1.29 is 61.1 Å². The zero-order valence-electron chi connectivity index (χ0n) is 37.4. The van der Waals surface area contributed by atoms with Crippen molar-refractivity contribution in [2.75, 3.05) is 66.0 Å². The smallest absolute Gasteiger partial charge is 0.394 e. The monoisotopic (exact) mass is 908 g/mol. The van der Waals surface area contributed by atoms with Gasteiger partial charge in [-0.1, -0.05) is 44.2 Å². The summed E-state index contributed by atoms with van der Waals surface area (Å²) >= 11 is 0. The van der Waals surface area contributed by atoms with Gasteiger partial charge in [0.05, 0.1) is 33.0 Å². The normalized spacial score (nSPS) is 35.0. The van der Waals surface area contributed by atoms with Crippen LogP contribution in [0.4, 0.5) is 5.69 Å². The fraction of sp³-hybridized carbons (Fsp3) is 0.587. The number of hydrogen-bond donors (Lipinski definition) is 5. The molecule has 3 fully saturated rings. The number of likely N-dealkylation sites (N-methyl/N-ethyl adjacent to an activating group) is 1. The largest absolute Gasteiger partial charge is 0.496 e. The molecular formula is C46H60N4O13S. The van der Waals surface area contributed by atoms with Gasteiger partial charge < -0.3 is 39.0 Å². The van der Waals surface area contributed by atoms with Gasteiger partial charge in [-0.3, -0.25) is 28.5 Å². The van der Waals surface area contributed by atoms with Crippen molar-refractivity contribution in [3.8, 4) is 5.75 Å². The van der Waals surface area contributed by atoms with E-state index in [0.717, 1.165) is 33.4 Å². The SMILES string of the molecule is CC[C@]1(O)C[C@@H]2CN(CCc3c([nH]c4ccccc34)[C@@](C(=O)OC)(c3cc4c(cc3OC)N(C)[C@H]3[C@@](O)(C(=O)OC)[C@H](OC(C)=O)[C@]5(CC)C=CCN6CC[C@@]43[C@@H]65)C2)C1.O=S(=O)(O)O. The second-order valence-corrected chi connectivity index (χ2v) is 19.5. The molecule has 1 saturated carbocycles. The number of aromatic amines is 1. The van der Waals surface area contributed by atoms with Gasteiger partial charge in [-0.15, -0.1) is 0 Å². The number of piperidine rings is 1. The second-order valence-electron chi connectivity index (χ2n) is 18.7. The van der Waals surface area contributed by atoms with Crippen molar-refractivity contribution in [3.05, 3.63) is 70.9 Å². The van der Waals surface area contributed by atoms with E-state index in [4.69, 9.17) is 36.5 Å². The summed E-state index contributed by atoms with van der Waals surface area (Å²) in [5.74, 6) is -1.56. The van der Waals surface area contributed by atoms with Crippen LogP contribution in [0.15, 0.2) is 48.6 Å². The van der Waals surface area contributed by atoms with Gasteiger partial charge in [-0.05, 0) is 74.2 Å². The molecule has 1 aliphatic carbocycles. The highest BCUT2D eigenvalue weighted by Gasteiger charge is 2.80. The lowest BCUT2D eigenvalue weighted by atomic mass is 9.47. The standard InChI is InChI=1S/C46H58N4O9.H2O4S/c1-8-42(54)23-28-24-45(40(52)57-6,36-30(15-19-49(25-28)26-42)29-13-10-11-14-33(29)47-36)32-21-31-34(22-35(32)56-5)48(4)38-44(31)17-20-50-18-12-16-43(9-2,37(44)50)39(59-27(3)51)46(38,55)41(53)58-7;1-5(2,3)4/h10-14,16,21-22,28,37-39,47,54-55H,8-9,15,17-20,23-26H2,1-7H3;(H2,1,2,3,4)/t28-,37-,38+,39+,42-,43+,44-,45-,46-;/m0./s1. The third-order valence-corrected chi connectivity index (χ3v) is 15.6. The van der Waals surface area contributed by atoms with Crippen LogP contribution in [0.2, 0.25) is 0 Å². The summed E-state index contributed by atoms with van der Waals surface area (Å²) < 4.78 is 55.5. The van der Waals surface area contributed by atoms with E-state index in [0.29, 0.717) is 82.6 Å². The van der Waals surface area contributed by atoms with Crippen molar-refractivity contribution in [1.82, 2.24) is 14.8 Å². The lowest BCUT2D eigenvalue weighted by molar-refractivity contribution is -0.228. The first-order valence-corrected chi connectivity index (χ1v) is 23.3. The molecule has 2 bridgehead atoms. The molecule has 17 nitrogen and oxygen atoms in total. The lowest BCUT2D eigenvalue weighted by Gasteiger charge is -2.63. The van der Waals surface area contributed by atoms with E-state index in [1.54, 1.807) is 7.11 Å². The molecule has 3 aromatic rings. The van der Waals surface area contributed by atoms with Crippen LogP contribution in [0.3, 0.4) is 0 Å². The van der Waals surface area contributed by atoms with Gasteiger partial charge >= 0.3 is 28.3 Å². The molecule has 6 aliphatic rings. The van der Waals surface area contributed by atoms with Gasteiger partial charge in [0.1, 0.15) is 11.2 Å². The summed E-state index contributed by atoms with van der Waals surface area (Å²) in [4.78, 5) is 53.2. The van der Waals surface area contributed by atoms with Gasteiger partial charge in [0.2, 0.25) is 5.60 Å². The van der Waals surface area contributed by atoms with Crippen molar-refractivity contribution in [2.24, 2.45) is 11.3 Å². The molecule has 6 heterocycles. The predicted molar refractivity (Wildman–Crippen MR) is 235 cm³/mol. The Morgan fingerprint density at radius 2 is 1.64 bits per heavy atom. The minimum Gasteiger partial charge on any atom is -0.496 e. The molecule has 2 saturated heterocycles. The number of benzene rings is 2. The van der Waals surface area contributed by atoms with Crippen LogP contribution in [-0.2, 0) is 56.2 Å². The Balaban J connectivity index is 0.00000106. The first-order chi connectivity index (χ1) is 30.2. The first-order valence-electron chi connectivity index (χ1n) is 21.9. The molecule has 0 radical (unpaired) electrons. The third kappa shape index (κ3) is 6.69. The van der Waals surface area contributed by atoms with Crippen LogP contribution in [0.1, 0.15) is 75.3 Å². The molecule has 1 aromatic heterocycles. The van der Waals surface area contributed by atoms with Gasteiger partial charge in [0.15, 0.2) is 6.10 Å². The van der Waals surface area contributed by atoms with Gasteiger partial charge in [-0.2, -0.15) is 8.42 Å². The van der Waals surface area contributed by atoms with Crippen molar-refractivity contribution in [2.45, 2.75) is 99.5 Å². The molecule has 10 atom stereocenters. The highest BCUT2D eigenvalue weighted by atomic mass is 32.3. The molecule has 1 spiro atoms. The van der Waals surface area contributed by atoms with Crippen LogP contribution < -0.4 is 9.64 Å². The topological polar surface area (TPSA) is 229 Å². The molecule has 1 unspecified atom stereocenters. The molecular weight excluding hydrogens is 849 g/mol. The second kappa shape index (κ2) is 16.1. The van der Waals surface area contributed by atoms with Crippen LogP contribution >= 0.6 is 0 Å². The quantitative estimate of drug-likeness (QED) is 0.0992. The van der Waals surface area contributed by atoms with Gasteiger partial charge in [0, 0.05) is 90.9 Å². The number of rotatable bonds is 7. The Kier molecular flexibility index (Phi) is 11.6. The average molecular weight is 909 g/mol. The first kappa shape index (κ1) is 46.0. The van der Waals surface area contributed by atoms with Crippen LogP contribution in [0.25, 0.3) is 10.9 Å². The summed E-state index contributed by atoms with van der Waals surface area (Å²) in [5.41, 5.74) is -1.62. The van der Waals surface area contributed by atoms with Gasteiger partial charge in [-0.25, -0.2) is 4.79 Å². The number of ether oxygens (including phenoxy) is 4. The predicted octanol–water partition coefficient (Wildman–Crippen LogP) is 3.34. The number of H-pyrrole nitrogens is 1. The number of aromatic nitrogens is 1. The summed E-state index contributed by atoms with van der Waals surface area (Å²) in [6.45, 7) is 8.62. The molecule has 348 valence electrons. The minimum atomic E-state index is -4.67. The van der Waals surface area contributed by atoms with E-state index in [-0.39, 0.29) is 12.0 Å². The maximum atomic E-state index is 15.3. The van der Waals surface area contributed by atoms with E-state index < -0.39 is 67.9 Å². The summed E-state index contributed by atoms with van der Waals surface area (Å²) in [6, 6.07) is 11.0. The molecule has 18 heteroatoms. The number of hydrogen-bond acceptors (Lipinski definition) is 14. The molecule has 9 rings (SSSR count). The number of methoxy groups -OCH3 is 3. The average Bonchev–Trinajstić information content (AvgIpc) is 3.92. The number of esters is 3. The van der Waals surface area contributed by atoms with Crippen LogP contribution in [0, 0.1) is 11.3 Å². The molecule has 5 aliphatic heterocycles. The number of carbonyl (C=O) groups excluding carboxylic acids is 3. The van der Waals surface area contributed by atoms with Crippen molar-refractivity contribution in [1.29, 1.82) is 0 Å². The van der Waals surface area contributed by atoms with E-state index in [1.165, 1.54) is 21.1 Å².